The average Bonchev–Trinajstić information content (AvgIpc) is 2.58. The molecule has 0 aliphatic rings. The molecule has 0 atom stereocenters. The standard InChI is InChI=1S/C19H25N3O2.HI/c1-13-5-6-16(11-14(13)2)22-19(20)21-10-9-15-12-17(23-3)7-8-18(15)24-4;/h5-8,11-12H,9-10H2,1-4H3,(H3,20,21,22);1H. The summed E-state index contributed by atoms with van der Waals surface area (Å²) in [6.45, 7) is 4.72. The topological polar surface area (TPSA) is 68.9 Å². The van der Waals surface area contributed by atoms with Crippen molar-refractivity contribution in [2.75, 3.05) is 26.1 Å². The zero-order chi connectivity index (χ0) is 17.5. The zero-order valence-electron chi connectivity index (χ0n) is 15.1. The van der Waals surface area contributed by atoms with E-state index in [1.807, 2.05) is 24.3 Å². The molecule has 0 fully saturated rings. The van der Waals surface area contributed by atoms with E-state index in [9.17, 15) is 0 Å². The molecule has 0 radical (unpaired) electrons. The molecule has 2 rings (SSSR count). The van der Waals surface area contributed by atoms with Crippen LogP contribution >= 0.6 is 24.0 Å². The molecular formula is C19H26IN3O2. The lowest BCUT2D eigenvalue weighted by Gasteiger charge is -2.10. The number of nitrogens with one attached hydrogen (secondary N) is 1. The summed E-state index contributed by atoms with van der Waals surface area (Å²) in [7, 11) is 3.30. The van der Waals surface area contributed by atoms with Crippen molar-refractivity contribution in [2.45, 2.75) is 20.3 Å². The molecule has 0 unspecified atom stereocenters. The maximum atomic E-state index is 5.97. The number of aliphatic imine (C=N–C) groups is 1. The van der Waals surface area contributed by atoms with Gasteiger partial charge in [0, 0.05) is 12.2 Å². The van der Waals surface area contributed by atoms with E-state index in [0.29, 0.717) is 12.5 Å². The number of nitrogens with zero attached hydrogens (tertiary/aromatic N) is 1. The van der Waals surface area contributed by atoms with Crippen molar-refractivity contribution in [1.29, 1.82) is 0 Å². The quantitative estimate of drug-likeness (QED) is 0.394. The molecule has 0 bridgehead atoms. The van der Waals surface area contributed by atoms with Crippen LogP contribution in [-0.2, 0) is 6.42 Å². The van der Waals surface area contributed by atoms with E-state index in [1.165, 1.54) is 11.1 Å². The Morgan fingerprint density at radius 1 is 1.04 bits per heavy atom. The van der Waals surface area contributed by atoms with Gasteiger partial charge in [-0.2, -0.15) is 0 Å². The van der Waals surface area contributed by atoms with E-state index in [2.05, 4.69) is 36.3 Å². The molecule has 0 amide bonds. The molecule has 0 spiro atoms. The predicted molar refractivity (Wildman–Crippen MR) is 115 cm³/mol. The minimum Gasteiger partial charge on any atom is -0.497 e. The third kappa shape index (κ3) is 6.12. The van der Waals surface area contributed by atoms with Gasteiger partial charge >= 0.3 is 0 Å². The highest BCUT2D eigenvalue weighted by molar-refractivity contribution is 14.0. The van der Waals surface area contributed by atoms with Crippen LogP contribution in [0.15, 0.2) is 41.4 Å². The Morgan fingerprint density at radius 2 is 1.80 bits per heavy atom. The van der Waals surface area contributed by atoms with Crippen LogP contribution in [0.1, 0.15) is 16.7 Å². The number of hydrogen-bond donors (Lipinski definition) is 2. The van der Waals surface area contributed by atoms with Crippen LogP contribution in [0.5, 0.6) is 11.5 Å². The van der Waals surface area contributed by atoms with E-state index >= 15 is 0 Å². The summed E-state index contributed by atoms with van der Waals surface area (Å²) in [6, 6.07) is 11.8. The molecule has 3 N–H and O–H groups in total. The molecule has 2 aromatic rings. The molecule has 5 nitrogen and oxygen atoms in total. The van der Waals surface area contributed by atoms with Gasteiger partial charge in [0.15, 0.2) is 5.96 Å². The number of anilines is 1. The molecule has 0 aliphatic heterocycles. The highest BCUT2D eigenvalue weighted by atomic mass is 127. The fraction of sp³-hybridized carbons (Fsp3) is 0.316. The fourth-order valence-corrected chi connectivity index (χ4v) is 2.38. The Kier molecular flexibility index (Phi) is 8.54. The van der Waals surface area contributed by atoms with Crippen molar-refractivity contribution < 1.29 is 9.47 Å². The van der Waals surface area contributed by atoms with Gasteiger partial charge in [-0.05, 0) is 67.3 Å². The third-order valence-electron chi connectivity index (χ3n) is 3.93. The lowest BCUT2D eigenvalue weighted by molar-refractivity contribution is 0.399. The van der Waals surface area contributed by atoms with Crippen LogP contribution in [-0.4, -0.2) is 26.7 Å². The van der Waals surface area contributed by atoms with Crippen molar-refractivity contribution in [3.63, 3.8) is 0 Å². The summed E-state index contributed by atoms with van der Waals surface area (Å²) in [6.07, 6.45) is 0.718. The van der Waals surface area contributed by atoms with Gasteiger partial charge in [-0.15, -0.1) is 24.0 Å². The van der Waals surface area contributed by atoms with Crippen LogP contribution in [0.25, 0.3) is 0 Å². The lowest BCUT2D eigenvalue weighted by Crippen LogP contribution is -2.23. The first-order valence-corrected chi connectivity index (χ1v) is 7.88. The van der Waals surface area contributed by atoms with Crippen molar-refractivity contribution in [1.82, 2.24) is 0 Å². The van der Waals surface area contributed by atoms with Crippen molar-refractivity contribution in [3.8, 4) is 11.5 Å². The molecule has 0 saturated carbocycles. The van der Waals surface area contributed by atoms with Gasteiger partial charge in [0.05, 0.1) is 14.2 Å². The Morgan fingerprint density at radius 3 is 2.44 bits per heavy atom. The molecule has 0 aromatic heterocycles. The smallest absolute Gasteiger partial charge is 0.193 e. The lowest BCUT2D eigenvalue weighted by atomic mass is 10.1. The van der Waals surface area contributed by atoms with Crippen LogP contribution in [0.2, 0.25) is 0 Å². The predicted octanol–water partition coefficient (Wildman–Crippen LogP) is 3.91. The van der Waals surface area contributed by atoms with Gasteiger partial charge in [-0.25, -0.2) is 0 Å². The first-order chi connectivity index (χ1) is 11.5. The molecule has 25 heavy (non-hydrogen) atoms. The molecular weight excluding hydrogens is 429 g/mol. The summed E-state index contributed by atoms with van der Waals surface area (Å²) in [4.78, 5) is 4.38. The Hall–Kier alpha value is -1.96. The normalized spacial score (nSPS) is 10.8. The molecule has 6 heteroatoms. The number of nitrogens with two attached hydrogens (primary N) is 1. The monoisotopic (exact) mass is 455 g/mol. The van der Waals surface area contributed by atoms with E-state index in [1.54, 1.807) is 14.2 Å². The number of halogens is 1. The Bertz CT molecular complexity index is 733. The highest BCUT2D eigenvalue weighted by Crippen LogP contribution is 2.24. The molecule has 2 aromatic carbocycles. The van der Waals surface area contributed by atoms with Crippen molar-refractivity contribution in [3.05, 3.63) is 53.1 Å². The van der Waals surface area contributed by atoms with Gasteiger partial charge < -0.3 is 20.5 Å². The zero-order valence-corrected chi connectivity index (χ0v) is 17.5. The second kappa shape index (κ2) is 10.1. The number of methoxy groups -OCH3 is 2. The second-order valence-corrected chi connectivity index (χ2v) is 5.62. The fourth-order valence-electron chi connectivity index (χ4n) is 2.38. The van der Waals surface area contributed by atoms with Crippen LogP contribution in [0.4, 0.5) is 5.69 Å². The van der Waals surface area contributed by atoms with E-state index in [0.717, 1.165) is 29.2 Å². The van der Waals surface area contributed by atoms with Crippen LogP contribution < -0.4 is 20.5 Å². The maximum Gasteiger partial charge on any atom is 0.193 e. The number of aryl methyl sites for hydroxylation is 2. The number of guanidine groups is 1. The van der Waals surface area contributed by atoms with Gasteiger partial charge in [0.25, 0.3) is 0 Å². The Labute approximate surface area is 166 Å². The molecule has 0 aliphatic carbocycles. The van der Waals surface area contributed by atoms with Crippen molar-refractivity contribution in [2.24, 2.45) is 10.7 Å². The maximum absolute atomic E-state index is 5.97. The summed E-state index contributed by atoms with van der Waals surface area (Å²) >= 11 is 0. The van der Waals surface area contributed by atoms with E-state index in [4.69, 9.17) is 15.2 Å². The SMILES string of the molecule is COc1ccc(OC)c(CCN=C(N)Nc2ccc(C)c(C)c2)c1.I. The summed E-state index contributed by atoms with van der Waals surface area (Å²) < 4.78 is 10.6. The van der Waals surface area contributed by atoms with Crippen LogP contribution in [0.3, 0.4) is 0 Å². The first-order valence-electron chi connectivity index (χ1n) is 7.88. The summed E-state index contributed by atoms with van der Waals surface area (Å²) in [5, 5.41) is 3.12. The third-order valence-corrected chi connectivity index (χ3v) is 3.93. The summed E-state index contributed by atoms with van der Waals surface area (Å²) in [5.74, 6) is 2.03. The average molecular weight is 455 g/mol. The van der Waals surface area contributed by atoms with Gasteiger partial charge in [0.2, 0.25) is 0 Å². The second-order valence-electron chi connectivity index (χ2n) is 5.62. The largest absolute Gasteiger partial charge is 0.497 e. The summed E-state index contributed by atoms with van der Waals surface area (Å²) in [5.41, 5.74) is 10.4. The number of benzene rings is 2. The Balaban J connectivity index is 0.00000312. The number of hydrogen-bond acceptors (Lipinski definition) is 3. The number of rotatable bonds is 6. The van der Waals surface area contributed by atoms with Gasteiger partial charge in [-0.3, -0.25) is 4.99 Å². The molecule has 0 heterocycles. The minimum absolute atomic E-state index is 0. The molecule has 0 saturated heterocycles. The molecule has 136 valence electrons. The first kappa shape index (κ1) is 21.1. The highest BCUT2D eigenvalue weighted by Gasteiger charge is 2.05. The number of ether oxygens (including phenoxy) is 2. The van der Waals surface area contributed by atoms with Crippen molar-refractivity contribution >= 4 is 35.6 Å². The van der Waals surface area contributed by atoms with Crippen LogP contribution in [0, 0.1) is 13.8 Å². The van der Waals surface area contributed by atoms with E-state index in [-0.39, 0.29) is 24.0 Å². The minimum atomic E-state index is 0. The van der Waals surface area contributed by atoms with Gasteiger partial charge in [0.1, 0.15) is 11.5 Å². The van der Waals surface area contributed by atoms with E-state index < -0.39 is 0 Å². The van der Waals surface area contributed by atoms with Gasteiger partial charge in [-0.1, -0.05) is 6.07 Å².